The van der Waals surface area contributed by atoms with Gasteiger partial charge >= 0.3 is 0 Å². The van der Waals surface area contributed by atoms with E-state index in [4.69, 9.17) is 44.3 Å². The lowest BCUT2D eigenvalue weighted by molar-refractivity contribution is 0.229. The van der Waals surface area contributed by atoms with Gasteiger partial charge in [-0.2, -0.15) is 0 Å². The summed E-state index contributed by atoms with van der Waals surface area (Å²) in [5.74, 6) is 1.79. The van der Waals surface area contributed by atoms with Crippen LogP contribution in [0.25, 0.3) is 0 Å². The summed E-state index contributed by atoms with van der Waals surface area (Å²) in [5, 5.41) is 0.949. The Hall–Kier alpha value is -1.16. The van der Waals surface area contributed by atoms with Gasteiger partial charge in [0.05, 0.1) is 29.9 Å². The number of rotatable bonds is 10. The maximum Gasteiger partial charge on any atom is 0.156 e. The molecule has 0 fully saturated rings. The van der Waals surface area contributed by atoms with Crippen LogP contribution in [0.1, 0.15) is 38.8 Å². The van der Waals surface area contributed by atoms with Crippen molar-refractivity contribution in [3.8, 4) is 11.5 Å². The SMILES string of the molecule is CC(CF)COc1ccc(C(C)(C)c2cc(Cl)c(OCC(C)CCl)c(Cl)c2)cc1. The Morgan fingerprint density at radius 3 is 1.97 bits per heavy atom. The number of halogens is 4. The van der Waals surface area contributed by atoms with E-state index < -0.39 is 6.67 Å². The van der Waals surface area contributed by atoms with Crippen molar-refractivity contribution in [3.63, 3.8) is 0 Å². The Balaban J connectivity index is 2.19. The normalized spacial score (nSPS) is 13.8. The van der Waals surface area contributed by atoms with Crippen molar-refractivity contribution in [3.05, 3.63) is 57.6 Å². The number of alkyl halides is 2. The standard InChI is InChI=1S/C23H28Cl3FO2/c1-15(11-24)13-29-22-20(25)9-18(10-21(22)26)23(3,4)17-5-7-19(8-6-17)28-14-16(2)12-27/h5-10,15-16H,11-14H2,1-4H3. The zero-order valence-electron chi connectivity index (χ0n) is 17.3. The Bertz CT molecular complexity index is 770. The van der Waals surface area contributed by atoms with Crippen molar-refractivity contribution in [1.82, 2.24) is 0 Å². The summed E-state index contributed by atoms with van der Waals surface area (Å²) < 4.78 is 24.0. The lowest BCUT2D eigenvalue weighted by Gasteiger charge is -2.27. The van der Waals surface area contributed by atoms with Gasteiger partial charge in [0.1, 0.15) is 5.75 Å². The Kier molecular flexibility index (Phi) is 8.93. The zero-order chi connectivity index (χ0) is 21.6. The van der Waals surface area contributed by atoms with Crippen molar-refractivity contribution in [2.75, 3.05) is 25.8 Å². The maximum absolute atomic E-state index is 12.6. The summed E-state index contributed by atoms with van der Waals surface area (Å²) in [6.45, 7) is 8.43. The summed E-state index contributed by atoms with van der Waals surface area (Å²) in [6, 6.07) is 11.6. The van der Waals surface area contributed by atoms with Gasteiger partial charge in [0.25, 0.3) is 0 Å². The largest absolute Gasteiger partial charge is 0.493 e. The molecule has 0 aromatic heterocycles. The Labute approximate surface area is 188 Å². The Morgan fingerprint density at radius 2 is 1.45 bits per heavy atom. The highest BCUT2D eigenvalue weighted by molar-refractivity contribution is 6.37. The van der Waals surface area contributed by atoms with E-state index in [2.05, 4.69) is 13.8 Å². The summed E-state index contributed by atoms with van der Waals surface area (Å²) >= 11 is 18.8. The topological polar surface area (TPSA) is 18.5 Å². The number of benzene rings is 2. The predicted octanol–water partition coefficient (Wildman–Crippen LogP) is 7.56. The van der Waals surface area contributed by atoms with Gasteiger partial charge in [0.15, 0.2) is 5.75 Å². The summed E-state index contributed by atoms with van der Waals surface area (Å²) in [6.07, 6.45) is 0. The van der Waals surface area contributed by atoms with Gasteiger partial charge < -0.3 is 9.47 Å². The van der Waals surface area contributed by atoms with E-state index in [1.807, 2.05) is 50.2 Å². The fraction of sp³-hybridized carbons (Fsp3) is 0.478. The van der Waals surface area contributed by atoms with Crippen molar-refractivity contribution in [2.45, 2.75) is 33.1 Å². The molecule has 0 aliphatic heterocycles. The minimum Gasteiger partial charge on any atom is -0.493 e. The van der Waals surface area contributed by atoms with E-state index in [0.29, 0.717) is 34.9 Å². The predicted molar refractivity (Wildman–Crippen MR) is 121 cm³/mol. The van der Waals surface area contributed by atoms with Crippen molar-refractivity contribution in [2.24, 2.45) is 11.8 Å². The third-order valence-corrected chi connectivity index (χ3v) is 5.96. The molecule has 2 rings (SSSR count). The van der Waals surface area contributed by atoms with Gasteiger partial charge in [0.2, 0.25) is 0 Å². The first-order valence-electron chi connectivity index (χ1n) is 9.66. The molecule has 2 atom stereocenters. The second kappa shape index (κ2) is 10.7. The van der Waals surface area contributed by atoms with Crippen molar-refractivity contribution < 1.29 is 13.9 Å². The lowest BCUT2D eigenvalue weighted by atomic mass is 9.78. The molecule has 0 N–H and O–H groups in total. The molecule has 6 heteroatoms. The van der Waals surface area contributed by atoms with E-state index in [-0.39, 0.29) is 17.3 Å². The minimum atomic E-state index is -0.392. The molecule has 0 saturated heterocycles. The van der Waals surface area contributed by atoms with E-state index in [9.17, 15) is 4.39 Å². The first kappa shape index (κ1) is 24.1. The van der Waals surface area contributed by atoms with E-state index in [0.717, 1.165) is 16.9 Å². The molecule has 0 spiro atoms. The number of hydrogen-bond donors (Lipinski definition) is 0. The minimum absolute atomic E-state index is 0.122. The van der Waals surface area contributed by atoms with Crippen LogP contribution in [-0.2, 0) is 5.41 Å². The molecule has 160 valence electrons. The fourth-order valence-electron chi connectivity index (χ4n) is 2.75. The van der Waals surface area contributed by atoms with E-state index in [1.54, 1.807) is 0 Å². The monoisotopic (exact) mass is 460 g/mol. The van der Waals surface area contributed by atoms with E-state index in [1.165, 1.54) is 0 Å². The van der Waals surface area contributed by atoms with E-state index >= 15 is 0 Å². The van der Waals surface area contributed by atoms with Gasteiger partial charge in [-0.05, 0) is 35.4 Å². The zero-order valence-corrected chi connectivity index (χ0v) is 19.5. The number of hydrogen-bond acceptors (Lipinski definition) is 2. The highest BCUT2D eigenvalue weighted by Gasteiger charge is 2.26. The van der Waals surface area contributed by atoms with Crippen molar-refractivity contribution in [1.29, 1.82) is 0 Å². The highest BCUT2D eigenvalue weighted by atomic mass is 35.5. The fourth-order valence-corrected chi connectivity index (χ4v) is 3.43. The number of ether oxygens (including phenoxy) is 2. The summed E-state index contributed by atoms with van der Waals surface area (Å²) in [7, 11) is 0. The molecular formula is C23H28Cl3FO2. The van der Waals surface area contributed by atoms with Crippen LogP contribution in [0.15, 0.2) is 36.4 Å². The van der Waals surface area contributed by atoms with Crippen molar-refractivity contribution >= 4 is 34.8 Å². The second-order valence-corrected chi connectivity index (χ2v) is 9.18. The molecule has 2 aromatic carbocycles. The first-order valence-corrected chi connectivity index (χ1v) is 11.0. The molecule has 0 heterocycles. The third-order valence-electron chi connectivity index (χ3n) is 4.87. The van der Waals surface area contributed by atoms with Crippen LogP contribution < -0.4 is 9.47 Å². The van der Waals surface area contributed by atoms with Crippen LogP contribution in [0.3, 0.4) is 0 Å². The van der Waals surface area contributed by atoms with Crippen LogP contribution in [0.5, 0.6) is 11.5 Å². The van der Waals surface area contributed by atoms with Crippen LogP contribution in [0.4, 0.5) is 4.39 Å². The highest BCUT2D eigenvalue weighted by Crippen LogP contribution is 2.40. The molecule has 0 aliphatic carbocycles. The lowest BCUT2D eigenvalue weighted by Crippen LogP contribution is -2.19. The smallest absolute Gasteiger partial charge is 0.156 e. The second-order valence-electron chi connectivity index (χ2n) is 8.06. The third kappa shape index (κ3) is 6.41. The van der Waals surface area contributed by atoms with Gasteiger partial charge in [-0.1, -0.05) is 63.0 Å². The molecule has 2 unspecified atom stereocenters. The maximum atomic E-state index is 12.6. The van der Waals surface area contributed by atoms with Gasteiger partial charge in [0, 0.05) is 23.1 Å². The van der Waals surface area contributed by atoms with Gasteiger partial charge in [-0.25, -0.2) is 0 Å². The molecule has 29 heavy (non-hydrogen) atoms. The first-order chi connectivity index (χ1) is 13.7. The van der Waals surface area contributed by atoms with Gasteiger partial charge in [-0.3, -0.25) is 4.39 Å². The summed E-state index contributed by atoms with van der Waals surface area (Å²) in [5.41, 5.74) is 1.73. The molecule has 2 aromatic rings. The van der Waals surface area contributed by atoms with Crippen LogP contribution in [0.2, 0.25) is 10.0 Å². The van der Waals surface area contributed by atoms with Gasteiger partial charge in [-0.15, -0.1) is 11.6 Å². The Morgan fingerprint density at radius 1 is 0.897 bits per heavy atom. The average molecular weight is 462 g/mol. The molecular weight excluding hydrogens is 434 g/mol. The molecule has 0 aliphatic rings. The van der Waals surface area contributed by atoms with Crippen LogP contribution in [-0.4, -0.2) is 25.8 Å². The summed E-state index contributed by atoms with van der Waals surface area (Å²) in [4.78, 5) is 0. The van der Waals surface area contributed by atoms with Crippen LogP contribution >= 0.6 is 34.8 Å². The quantitative estimate of drug-likeness (QED) is 0.340. The molecule has 0 bridgehead atoms. The molecule has 0 amide bonds. The molecule has 2 nitrogen and oxygen atoms in total. The molecule has 0 saturated carbocycles. The van der Waals surface area contributed by atoms with Crippen LogP contribution in [0, 0.1) is 11.8 Å². The average Bonchev–Trinajstić information content (AvgIpc) is 2.71. The molecule has 0 radical (unpaired) electrons.